The van der Waals surface area contributed by atoms with Crippen molar-refractivity contribution in [3.8, 4) is 0 Å². The third-order valence-electron chi connectivity index (χ3n) is 4.32. The van der Waals surface area contributed by atoms with Crippen LogP contribution in [-0.2, 0) is 0 Å². The third-order valence-corrected chi connectivity index (χ3v) is 4.32. The number of pyridine rings is 1. The van der Waals surface area contributed by atoms with Gasteiger partial charge >= 0.3 is 0 Å². The number of anilines is 1. The van der Waals surface area contributed by atoms with E-state index < -0.39 is 0 Å². The van der Waals surface area contributed by atoms with Crippen LogP contribution in [0.2, 0.25) is 0 Å². The molecule has 0 amide bonds. The van der Waals surface area contributed by atoms with Crippen LogP contribution in [0.5, 0.6) is 0 Å². The van der Waals surface area contributed by atoms with Gasteiger partial charge in [-0.15, -0.1) is 0 Å². The van der Waals surface area contributed by atoms with Crippen LogP contribution in [0.1, 0.15) is 51.3 Å². The van der Waals surface area contributed by atoms with Gasteiger partial charge in [0, 0.05) is 25.7 Å². The Labute approximate surface area is 128 Å². The minimum absolute atomic E-state index is 0.293. The van der Waals surface area contributed by atoms with E-state index in [0.29, 0.717) is 18.6 Å². The molecule has 0 bridgehead atoms. The lowest BCUT2D eigenvalue weighted by molar-refractivity contribution is 0.208. The number of nitrogens with one attached hydrogen (secondary N) is 1. The van der Waals surface area contributed by atoms with Crippen LogP contribution in [0.25, 0.3) is 0 Å². The van der Waals surface area contributed by atoms with Gasteiger partial charge in [0.05, 0.1) is 17.6 Å². The van der Waals surface area contributed by atoms with Crippen molar-refractivity contribution in [3.63, 3.8) is 0 Å². The molecule has 0 aromatic carbocycles. The average molecular weight is 291 g/mol. The van der Waals surface area contributed by atoms with Gasteiger partial charge in [0.25, 0.3) is 0 Å². The number of aromatic nitrogens is 1. The van der Waals surface area contributed by atoms with Gasteiger partial charge in [-0.1, -0.05) is 13.8 Å². The van der Waals surface area contributed by atoms with Crippen LogP contribution in [0.3, 0.4) is 0 Å². The molecule has 0 aliphatic carbocycles. The van der Waals surface area contributed by atoms with Crippen LogP contribution in [0.15, 0.2) is 18.3 Å². The molecule has 1 aromatic heterocycles. The van der Waals surface area contributed by atoms with E-state index in [2.05, 4.69) is 41.2 Å². The van der Waals surface area contributed by atoms with Crippen LogP contribution >= 0.6 is 0 Å². The van der Waals surface area contributed by atoms with Gasteiger partial charge in [0.2, 0.25) is 0 Å². The fourth-order valence-corrected chi connectivity index (χ4v) is 3.02. The molecule has 1 saturated heterocycles. The zero-order valence-corrected chi connectivity index (χ0v) is 13.4. The number of rotatable bonds is 7. The van der Waals surface area contributed by atoms with Gasteiger partial charge in [0.15, 0.2) is 0 Å². The number of hydrogen-bond donors (Lipinski definition) is 2. The summed E-state index contributed by atoms with van der Waals surface area (Å²) in [5, 5.41) is 12.9. The first-order valence-electron chi connectivity index (χ1n) is 8.33. The van der Waals surface area contributed by atoms with Gasteiger partial charge in [0.1, 0.15) is 0 Å². The molecule has 4 heteroatoms. The van der Waals surface area contributed by atoms with Gasteiger partial charge in [-0.25, -0.2) is 0 Å². The highest BCUT2D eigenvalue weighted by molar-refractivity contribution is 5.45. The van der Waals surface area contributed by atoms with Crippen molar-refractivity contribution in [3.05, 3.63) is 24.0 Å². The van der Waals surface area contributed by atoms with E-state index in [1.165, 1.54) is 5.69 Å². The maximum Gasteiger partial charge on any atom is 0.0574 e. The van der Waals surface area contributed by atoms with Crippen LogP contribution in [0.4, 0.5) is 5.69 Å². The molecular weight excluding hydrogens is 262 g/mol. The lowest BCUT2D eigenvalue weighted by atomic mass is 9.98. The Hall–Kier alpha value is -1.13. The van der Waals surface area contributed by atoms with E-state index in [1.807, 2.05) is 6.20 Å². The Kier molecular flexibility index (Phi) is 6.46. The molecule has 2 rings (SSSR count). The lowest BCUT2D eigenvalue weighted by Crippen LogP contribution is -2.36. The Balaban J connectivity index is 2.00. The summed E-state index contributed by atoms with van der Waals surface area (Å²) in [4.78, 5) is 7.01. The number of nitrogens with zero attached hydrogens (tertiary/aromatic N) is 2. The molecule has 1 aromatic rings. The standard InChI is InChI=1S/C17H29N3O/c1-3-9-18-16(4-2)17-8-7-15(11-19-17)20-10-5-6-14(12-20)13-21/h7-8,11,14,16,18,21H,3-6,9-10,12-13H2,1-2H3. The van der Waals surface area contributed by atoms with Crippen molar-refractivity contribution < 1.29 is 5.11 Å². The van der Waals surface area contributed by atoms with E-state index in [1.54, 1.807) is 0 Å². The second-order valence-electron chi connectivity index (χ2n) is 5.99. The fourth-order valence-electron chi connectivity index (χ4n) is 3.02. The van der Waals surface area contributed by atoms with E-state index in [0.717, 1.165) is 51.0 Å². The van der Waals surface area contributed by atoms with Crippen molar-refractivity contribution in [1.29, 1.82) is 0 Å². The highest BCUT2D eigenvalue weighted by atomic mass is 16.3. The van der Waals surface area contributed by atoms with Gasteiger partial charge in [-0.3, -0.25) is 4.98 Å². The Morgan fingerprint density at radius 1 is 1.43 bits per heavy atom. The van der Waals surface area contributed by atoms with Crippen molar-refractivity contribution in [2.75, 3.05) is 31.1 Å². The molecule has 2 N–H and O–H groups in total. The second-order valence-corrected chi connectivity index (χ2v) is 5.99. The van der Waals surface area contributed by atoms with E-state index in [-0.39, 0.29) is 0 Å². The maximum absolute atomic E-state index is 9.34. The number of aliphatic hydroxyl groups is 1. The number of piperidine rings is 1. The summed E-state index contributed by atoms with van der Waals surface area (Å²) in [6, 6.07) is 4.68. The minimum atomic E-state index is 0.293. The smallest absolute Gasteiger partial charge is 0.0574 e. The second kappa shape index (κ2) is 8.35. The summed E-state index contributed by atoms with van der Waals surface area (Å²) in [5.74, 6) is 0.410. The summed E-state index contributed by atoms with van der Waals surface area (Å²) in [6.07, 6.45) is 6.49. The third kappa shape index (κ3) is 4.42. The predicted octanol–water partition coefficient (Wildman–Crippen LogP) is 2.74. The molecule has 0 saturated carbocycles. The summed E-state index contributed by atoms with van der Waals surface area (Å²) in [6.45, 7) is 7.72. The quantitative estimate of drug-likeness (QED) is 0.811. The van der Waals surface area contributed by atoms with Crippen molar-refractivity contribution >= 4 is 5.69 Å². The molecule has 2 unspecified atom stereocenters. The zero-order chi connectivity index (χ0) is 15.1. The normalized spacial score (nSPS) is 20.5. The van der Waals surface area contributed by atoms with Crippen LogP contribution in [0, 0.1) is 5.92 Å². The van der Waals surface area contributed by atoms with E-state index in [9.17, 15) is 5.11 Å². The molecule has 0 radical (unpaired) electrons. The Bertz CT molecular complexity index is 407. The fraction of sp³-hybridized carbons (Fsp3) is 0.706. The molecule has 1 aliphatic heterocycles. The Morgan fingerprint density at radius 2 is 2.29 bits per heavy atom. The highest BCUT2D eigenvalue weighted by Crippen LogP contribution is 2.24. The summed E-state index contributed by atoms with van der Waals surface area (Å²) in [7, 11) is 0. The van der Waals surface area contributed by atoms with Gasteiger partial charge in [-0.2, -0.15) is 0 Å². The maximum atomic E-state index is 9.34. The molecule has 2 atom stereocenters. The topological polar surface area (TPSA) is 48.4 Å². The molecule has 0 spiro atoms. The molecular formula is C17H29N3O. The number of hydrogen-bond acceptors (Lipinski definition) is 4. The first-order valence-corrected chi connectivity index (χ1v) is 8.33. The van der Waals surface area contributed by atoms with Crippen molar-refractivity contribution in [1.82, 2.24) is 10.3 Å². The largest absolute Gasteiger partial charge is 0.396 e. The zero-order valence-electron chi connectivity index (χ0n) is 13.4. The SMILES string of the molecule is CCCNC(CC)c1ccc(N2CCCC(CO)C2)cn1. The molecule has 2 heterocycles. The lowest BCUT2D eigenvalue weighted by Gasteiger charge is -2.33. The monoisotopic (exact) mass is 291 g/mol. The molecule has 21 heavy (non-hydrogen) atoms. The van der Waals surface area contributed by atoms with Crippen molar-refractivity contribution in [2.45, 2.75) is 45.6 Å². The summed E-state index contributed by atoms with van der Waals surface area (Å²) in [5.41, 5.74) is 2.31. The Morgan fingerprint density at radius 3 is 2.90 bits per heavy atom. The first kappa shape index (κ1) is 16.2. The van der Waals surface area contributed by atoms with Crippen molar-refractivity contribution in [2.24, 2.45) is 5.92 Å². The minimum Gasteiger partial charge on any atom is -0.396 e. The predicted molar refractivity (Wildman–Crippen MR) is 87.6 cm³/mol. The van der Waals surface area contributed by atoms with Gasteiger partial charge < -0.3 is 15.3 Å². The summed E-state index contributed by atoms with van der Waals surface area (Å²) >= 11 is 0. The molecule has 1 aliphatic rings. The highest BCUT2D eigenvalue weighted by Gasteiger charge is 2.20. The van der Waals surface area contributed by atoms with Crippen LogP contribution in [-0.4, -0.2) is 36.3 Å². The average Bonchev–Trinajstić information content (AvgIpc) is 2.56. The van der Waals surface area contributed by atoms with E-state index >= 15 is 0 Å². The number of aliphatic hydroxyl groups excluding tert-OH is 1. The molecule has 4 nitrogen and oxygen atoms in total. The van der Waals surface area contributed by atoms with Gasteiger partial charge in [-0.05, 0) is 50.3 Å². The summed E-state index contributed by atoms with van der Waals surface area (Å²) < 4.78 is 0. The molecule has 1 fully saturated rings. The van der Waals surface area contributed by atoms with E-state index in [4.69, 9.17) is 0 Å². The van der Waals surface area contributed by atoms with Crippen LogP contribution < -0.4 is 10.2 Å². The molecule has 118 valence electrons. The first-order chi connectivity index (χ1) is 10.3.